The Kier molecular flexibility index (Phi) is 4.57. The number of hydrogen-bond donors (Lipinski definition) is 1. The van der Waals surface area contributed by atoms with Crippen molar-refractivity contribution in [1.82, 2.24) is 0 Å². The van der Waals surface area contributed by atoms with Gasteiger partial charge in [0, 0.05) is 5.56 Å². The van der Waals surface area contributed by atoms with Crippen LogP contribution in [0.25, 0.3) is 11.1 Å². The van der Waals surface area contributed by atoms with Crippen LogP contribution in [-0.4, -0.2) is 13.0 Å². The molecular weight excluding hydrogens is 272 g/mol. The molecule has 0 aliphatic carbocycles. The van der Waals surface area contributed by atoms with Crippen molar-refractivity contribution in [2.45, 2.75) is 31.1 Å². The van der Waals surface area contributed by atoms with Gasteiger partial charge in [-0.15, -0.1) is 0 Å². The molecule has 0 aliphatic rings. The lowest BCUT2D eigenvalue weighted by molar-refractivity contribution is 0.483. The molecule has 0 aliphatic heterocycles. The second-order valence-corrected chi connectivity index (χ2v) is 6.12. The van der Waals surface area contributed by atoms with E-state index in [1.807, 2.05) is 24.3 Å². The highest BCUT2D eigenvalue weighted by Crippen LogP contribution is 2.30. The number of unbranched alkanes of at least 4 members (excludes halogenated alkanes) is 1. The number of hydrogen-bond acceptors (Lipinski definition) is 2. The van der Waals surface area contributed by atoms with E-state index in [2.05, 4.69) is 6.92 Å². The summed E-state index contributed by atoms with van der Waals surface area (Å²) in [6.45, 7) is 2.12. The van der Waals surface area contributed by atoms with Gasteiger partial charge in [0.25, 0.3) is 10.1 Å². The number of aryl methyl sites for hydroxylation is 1. The van der Waals surface area contributed by atoms with Crippen molar-refractivity contribution in [3.63, 3.8) is 0 Å². The van der Waals surface area contributed by atoms with Crippen molar-refractivity contribution in [3.05, 3.63) is 54.1 Å². The summed E-state index contributed by atoms with van der Waals surface area (Å²) in [4.78, 5) is -0.0380. The van der Waals surface area contributed by atoms with E-state index in [1.54, 1.807) is 18.2 Å². The standard InChI is InChI=1S/C16H18O3S/c1-2-3-8-13-9-4-5-10-14(13)15-11-6-7-12-16(15)20(17,18)19/h4-7,9-12H,2-3,8H2,1H3,(H,17,18,19). The fourth-order valence-electron chi connectivity index (χ4n) is 2.28. The number of rotatable bonds is 5. The van der Waals surface area contributed by atoms with Crippen molar-refractivity contribution in [2.24, 2.45) is 0 Å². The second kappa shape index (κ2) is 6.20. The van der Waals surface area contributed by atoms with E-state index in [9.17, 15) is 13.0 Å². The minimum atomic E-state index is -4.22. The minimum absolute atomic E-state index is 0.0380. The highest BCUT2D eigenvalue weighted by Gasteiger charge is 2.17. The van der Waals surface area contributed by atoms with Crippen LogP contribution in [0.15, 0.2) is 53.4 Å². The van der Waals surface area contributed by atoms with Crippen LogP contribution in [0.2, 0.25) is 0 Å². The maximum Gasteiger partial charge on any atom is 0.295 e. The monoisotopic (exact) mass is 290 g/mol. The van der Waals surface area contributed by atoms with Gasteiger partial charge < -0.3 is 0 Å². The topological polar surface area (TPSA) is 54.4 Å². The van der Waals surface area contributed by atoms with E-state index < -0.39 is 10.1 Å². The maximum absolute atomic E-state index is 11.5. The minimum Gasteiger partial charge on any atom is -0.282 e. The van der Waals surface area contributed by atoms with Crippen LogP contribution in [0, 0.1) is 0 Å². The molecule has 2 aromatic carbocycles. The SMILES string of the molecule is CCCCc1ccccc1-c1ccccc1S(=O)(=O)O. The Bertz CT molecular complexity index is 690. The third kappa shape index (κ3) is 3.26. The molecule has 0 aromatic heterocycles. The molecule has 0 unspecified atom stereocenters. The van der Waals surface area contributed by atoms with Gasteiger partial charge in [-0.1, -0.05) is 55.8 Å². The maximum atomic E-state index is 11.5. The molecule has 0 amide bonds. The van der Waals surface area contributed by atoms with Crippen molar-refractivity contribution in [1.29, 1.82) is 0 Å². The van der Waals surface area contributed by atoms with Gasteiger partial charge in [-0.25, -0.2) is 0 Å². The fraction of sp³-hybridized carbons (Fsp3) is 0.250. The molecule has 0 saturated heterocycles. The smallest absolute Gasteiger partial charge is 0.282 e. The average Bonchev–Trinajstić information content (AvgIpc) is 2.44. The Hall–Kier alpha value is -1.65. The Balaban J connectivity index is 2.58. The summed E-state index contributed by atoms with van der Waals surface area (Å²) < 4.78 is 32.4. The molecule has 4 heteroatoms. The summed E-state index contributed by atoms with van der Waals surface area (Å²) in [5, 5.41) is 0. The first-order valence-corrected chi connectivity index (χ1v) is 8.13. The fourth-order valence-corrected chi connectivity index (χ4v) is 2.99. The molecule has 0 fully saturated rings. The zero-order chi connectivity index (χ0) is 14.6. The predicted molar refractivity (Wildman–Crippen MR) is 80.3 cm³/mol. The van der Waals surface area contributed by atoms with Gasteiger partial charge in [0.15, 0.2) is 0 Å². The van der Waals surface area contributed by atoms with Gasteiger partial charge in [-0.05, 0) is 30.0 Å². The highest BCUT2D eigenvalue weighted by molar-refractivity contribution is 7.86. The molecule has 1 N–H and O–H groups in total. The van der Waals surface area contributed by atoms with E-state index in [-0.39, 0.29) is 4.90 Å². The van der Waals surface area contributed by atoms with Gasteiger partial charge in [0.1, 0.15) is 4.90 Å². The van der Waals surface area contributed by atoms with Crippen molar-refractivity contribution >= 4 is 10.1 Å². The van der Waals surface area contributed by atoms with E-state index in [4.69, 9.17) is 0 Å². The predicted octanol–water partition coefficient (Wildman–Crippen LogP) is 3.94. The normalized spacial score (nSPS) is 11.5. The highest BCUT2D eigenvalue weighted by atomic mass is 32.2. The first kappa shape index (κ1) is 14.8. The van der Waals surface area contributed by atoms with Crippen LogP contribution < -0.4 is 0 Å². The van der Waals surface area contributed by atoms with E-state index in [1.165, 1.54) is 6.07 Å². The van der Waals surface area contributed by atoms with Crippen LogP contribution >= 0.6 is 0 Å². The lowest BCUT2D eigenvalue weighted by Gasteiger charge is -2.12. The molecule has 106 valence electrons. The molecule has 0 bridgehead atoms. The second-order valence-electron chi connectivity index (χ2n) is 4.73. The first-order chi connectivity index (χ1) is 9.54. The summed E-state index contributed by atoms with van der Waals surface area (Å²) in [5.41, 5.74) is 2.53. The third-order valence-corrected chi connectivity index (χ3v) is 4.18. The summed E-state index contributed by atoms with van der Waals surface area (Å²) in [6, 6.07) is 14.3. The van der Waals surface area contributed by atoms with Crippen LogP contribution in [0.4, 0.5) is 0 Å². The number of benzene rings is 2. The summed E-state index contributed by atoms with van der Waals surface area (Å²) >= 11 is 0. The Labute approximate surface area is 120 Å². The molecule has 2 aromatic rings. The quantitative estimate of drug-likeness (QED) is 0.848. The zero-order valence-corrected chi connectivity index (χ0v) is 12.2. The largest absolute Gasteiger partial charge is 0.295 e. The first-order valence-electron chi connectivity index (χ1n) is 6.69. The van der Waals surface area contributed by atoms with E-state index in [0.29, 0.717) is 5.56 Å². The molecule has 20 heavy (non-hydrogen) atoms. The summed E-state index contributed by atoms with van der Waals surface area (Å²) in [5.74, 6) is 0. The van der Waals surface area contributed by atoms with Crippen molar-refractivity contribution in [2.75, 3.05) is 0 Å². The Morgan fingerprint density at radius 2 is 1.55 bits per heavy atom. The molecular formula is C16H18O3S. The molecule has 2 rings (SSSR count). The lowest BCUT2D eigenvalue weighted by Crippen LogP contribution is -2.01. The van der Waals surface area contributed by atoms with Gasteiger partial charge in [-0.3, -0.25) is 4.55 Å². The zero-order valence-electron chi connectivity index (χ0n) is 11.4. The Morgan fingerprint density at radius 1 is 0.950 bits per heavy atom. The summed E-state index contributed by atoms with van der Waals surface area (Å²) in [6.07, 6.45) is 3.02. The molecule has 0 radical (unpaired) electrons. The summed E-state index contributed by atoms with van der Waals surface area (Å²) in [7, 11) is -4.22. The van der Waals surface area contributed by atoms with Crippen LogP contribution in [0.1, 0.15) is 25.3 Å². The third-order valence-electron chi connectivity index (χ3n) is 3.27. The van der Waals surface area contributed by atoms with Gasteiger partial charge in [0.2, 0.25) is 0 Å². The van der Waals surface area contributed by atoms with E-state index >= 15 is 0 Å². The van der Waals surface area contributed by atoms with Crippen LogP contribution in [-0.2, 0) is 16.5 Å². The van der Waals surface area contributed by atoms with Crippen molar-refractivity contribution in [3.8, 4) is 11.1 Å². The molecule has 3 nitrogen and oxygen atoms in total. The molecule has 0 atom stereocenters. The van der Waals surface area contributed by atoms with Gasteiger partial charge in [0.05, 0.1) is 0 Å². The molecule has 0 spiro atoms. The van der Waals surface area contributed by atoms with Crippen LogP contribution in [0.5, 0.6) is 0 Å². The van der Waals surface area contributed by atoms with E-state index in [0.717, 1.165) is 30.4 Å². The van der Waals surface area contributed by atoms with Crippen LogP contribution in [0.3, 0.4) is 0 Å². The van der Waals surface area contributed by atoms with Gasteiger partial charge in [-0.2, -0.15) is 8.42 Å². The van der Waals surface area contributed by atoms with Gasteiger partial charge >= 0.3 is 0 Å². The molecule has 0 heterocycles. The molecule has 0 saturated carbocycles. The van der Waals surface area contributed by atoms with Crippen molar-refractivity contribution < 1.29 is 13.0 Å². The Morgan fingerprint density at radius 3 is 2.20 bits per heavy atom. The average molecular weight is 290 g/mol. The lowest BCUT2D eigenvalue weighted by atomic mass is 9.96.